The van der Waals surface area contributed by atoms with Gasteiger partial charge in [0.2, 0.25) is 0 Å². The molecule has 0 radical (unpaired) electrons. The van der Waals surface area contributed by atoms with Gasteiger partial charge in [0.1, 0.15) is 0 Å². The SMILES string of the molecule is FC(F)(F)c1c2nc(c(-c3ccccc3)c3ccc([n-]3)c(C#Cc3ccccc3)c3nc(c(-c4ccccc4)c4ccc1[n-]4)C=C3)C=C2.[Zn+2]. The Hall–Kier alpha value is -5.77. The topological polar surface area (TPSA) is 54.0 Å². The summed E-state index contributed by atoms with van der Waals surface area (Å²) in [5.74, 6) is 6.58. The molecule has 0 aliphatic carbocycles. The van der Waals surface area contributed by atoms with Crippen molar-refractivity contribution in [1.29, 1.82) is 0 Å². The van der Waals surface area contributed by atoms with Crippen molar-refractivity contribution < 1.29 is 32.6 Å². The summed E-state index contributed by atoms with van der Waals surface area (Å²) < 4.78 is 44.5. The first-order valence-corrected chi connectivity index (χ1v) is 15.2. The van der Waals surface area contributed by atoms with Gasteiger partial charge in [0.15, 0.2) is 0 Å². The van der Waals surface area contributed by atoms with Crippen molar-refractivity contribution in [3.8, 4) is 34.1 Å². The van der Waals surface area contributed by atoms with Gasteiger partial charge in [-0.3, -0.25) is 0 Å². The van der Waals surface area contributed by atoms with Crippen molar-refractivity contribution in [2.24, 2.45) is 0 Å². The third kappa shape index (κ3) is 6.17. The second kappa shape index (κ2) is 13.0. The van der Waals surface area contributed by atoms with Crippen LogP contribution in [0.4, 0.5) is 13.2 Å². The Labute approximate surface area is 292 Å². The maximum Gasteiger partial charge on any atom is 2.00 e. The molecule has 0 N–H and O–H groups in total. The Morgan fingerprint density at radius 3 is 1.49 bits per heavy atom. The predicted molar refractivity (Wildman–Crippen MR) is 185 cm³/mol. The summed E-state index contributed by atoms with van der Waals surface area (Å²) in [5.41, 5.74) is 5.85. The summed E-state index contributed by atoms with van der Waals surface area (Å²) in [6.07, 6.45) is 1.99. The van der Waals surface area contributed by atoms with E-state index in [9.17, 15) is 13.2 Å². The van der Waals surface area contributed by atoms with E-state index in [0.717, 1.165) is 16.7 Å². The van der Waals surface area contributed by atoms with Crippen LogP contribution in [0.2, 0.25) is 0 Å². The average molecular weight is 694 g/mol. The van der Waals surface area contributed by atoms with Crippen molar-refractivity contribution in [2.45, 2.75) is 6.18 Å². The number of fused-ring (bicyclic) bond motifs is 8. The smallest absolute Gasteiger partial charge is 0.657 e. The summed E-state index contributed by atoms with van der Waals surface area (Å²) in [4.78, 5) is 19.2. The second-order valence-electron chi connectivity index (χ2n) is 11.2. The van der Waals surface area contributed by atoms with Crippen LogP contribution >= 0.6 is 0 Å². The Balaban J connectivity index is 0.00000378. The molecule has 0 saturated heterocycles. The largest absolute Gasteiger partial charge is 2.00 e. The van der Waals surface area contributed by atoms with Crippen molar-refractivity contribution in [3.63, 3.8) is 0 Å². The first-order valence-electron chi connectivity index (χ1n) is 15.2. The van der Waals surface area contributed by atoms with Crippen LogP contribution in [-0.4, -0.2) is 9.97 Å². The molecule has 0 unspecified atom stereocenters. The van der Waals surface area contributed by atoms with E-state index < -0.39 is 11.7 Å². The molecule has 6 aromatic rings. The number of alkyl halides is 3. The molecule has 5 heterocycles. The van der Waals surface area contributed by atoms with Crippen molar-refractivity contribution in [2.75, 3.05) is 0 Å². The van der Waals surface area contributed by atoms with Gasteiger partial charge in [-0.25, -0.2) is 9.97 Å². The molecule has 3 aromatic heterocycles. The number of aromatic nitrogens is 4. The molecule has 2 aliphatic heterocycles. The Bertz CT molecular complexity index is 2450. The molecule has 8 heteroatoms. The predicted octanol–water partition coefficient (Wildman–Crippen LogP) is 9.66. The molecule has 230 valence electrons. The zero-order chi connectivity index (χ0) is 32.7. The normalized spacial score (nSPS) is 11.9. The van der Waals surface area contributed by atoms with Gasteiger partial charge in [0.25, 0.3) is 0 Å². The third-order valence-electron chi connectivity index (χ3n) is 8.12. The maximum atomic E-state index is 14.8. The van der Waals surface area contributed by atoms with E-state index >= 15 is 0 Å². The molecule has 0 saturated carbocycles. The number of halogens is 3. The molecular formula is C41H23F3N4Zn. The molecule has 0 amide bonds. The van der Waals surface area contributed by atoms with Gasteiger partial charge in [0.05, 0.1) is 28.3 Å². The molecule has 3 aromatic carbocycles. The molecule has 49 heavy (non-hydrogen) atoms. The molecule has 2 aliphatic rings. The zero-order valence-corrected chi connectivity index (χ0v) is 28.9. The fraction of sp³-hybridized carbons (Fsp3) is 0.0244. The fourth-order valence-electron chi connectivity index (χ4n) is 5.96. The van der Waals surface area contributed by atoms with Crippen LogP contribution in [0.15, 0.2) is 115 Å². The summed E-state index contributed by atoms with van der Waals surface area (Å²) in [6.45, 7) is 0. The summed E-state index contributed by atoms with van der Waals surface area (Å²) in [5, 5.41) is 0. The summed E-state index contributed by atoms with van der Waals surface area (Å²) in [6, 6.07) is 35.2. The summed E-state index contributed by atoms with van der Waals surface area (Å²) in [7, 11) is 0. The number of hydrogen-bond acceptors (Lipinski definition) is 2. The second-order valence-corrected chi connectivity index (χ2v) is 11.2. The molecule has 8 bridgehead atoms. The minimum absolute atomic E-state index is 0. The van der Waals surface area contributed by atoms with E-state index in [0.29, 0.717) is 50.3 Å². The number of nitrogens with zero attached hydrogens (tertiary/aromatic N) is 4. The molecule has 0 fully saturated rings. The van der Waals surface area contributed by atoms with Crippen LogP contribution in [-0.2, 0) is 25.7 Å². The van der Waals surface area contributed by atoms with Crippen LogP contribution in [0.5, 0.6) is 0 Å². The number of rotatable bonds is 2. The molecule has 0 atom stereocenters. The average Bonchev–Trinajstić information content (AvgIpc) is 3.93. The molecule has 4 nitrogen and oxygen atoms in total. The van der Waals surface area contributed by atoms with Gasteiger partial charge in [-0.15, -0.1) is 22.1 Å². The first-order chi connectivity index (χ1) is 23.4. The minimum Gasteiger partial charge on any atom is -0.657 e. The quantitative estimate of drug-likeness (QED) is 0.134. The van der Waals surface area contributed by atoms with Crippen molar-refractivity contribution in [3.05, 3.63) is 155 Å². The van der Waals surface area contributed by atoms with E-state index in [4.69, 9.17) is 9.97 Å². The molecule has 8 rings (SSSR count). The van der Waals surface area contributed by atoms with Crippen molar-refractivity contribution >= 4 is 46.4 Å². The Morgan fingerprint density at radius 1 is 0.469 bits per heavy atom. The number of hydrogen-bond donors (Lipinski definition) is 0. The van der Waals surface area contributed by atoms with E-state index in [1.165, 1.54) is 12.1 Å². The van der Waals surface area contributed by atoms with Gasteiger partial charge in [0, 0.05) is 11.1 Å². The van der Waals surface area contributed by atoms with E-state index in [2.05, 4.69) is 21.8 Å². The first kappa shape index (κ1) is 31.8. The van der Waals surface area contributed by atoms with Gasteiger partial charge < -0.3 is 9.97 Å². The van der Waals surface area contributed by atoms with E-state index in [1.54, 1.807) is 12.1 Å². The fourth-order valence-corrected chi connectivity index (χ4v) is 5.96. The zero-order valence-electron chi connectivity index (χ0n) is 25.9. The third-order valence-corrected chi connectivity index (χ3v) is 8.12. The standard InChI is InChI=1S/C41H23F3N4.Zn/c42-41(43,44)40-36-24-22-34(47-36)38(27-12-6-2-7-13-27)32-20-18-30(45-32)29(17-16-26-10-4-1-5-11-26)31-19-21-33(46-31)39(28-14-8-3-9-15-28)35-23-25-37(40)48-35;/h1-15,18-25H;/q-2;+2. The minimum atomic E-state index is -4.72. The summed E-state index contributed by atoms with van der Waals surface area (Å²) >= 11 is 0. The van der Waals surface area contributed by atoms with Gasteiger partial charge in [-0.2, -0.15) is 13.2 Å². The van der Waals surface area contributed by atoms with Gasteiger partial charge in [-0.1, -0.05) is 115 Å². The van der Waals surface area contributed by atoms with Crippen LogP contribution in [0, 0.1) is 11.8 Å². The van der Waals surface area contributed by atoms with Gasteiger partial charge in [-0.05, 0) is 58.7 Å². The van der Waals surface area contributed by atoms with E-state index in [-0.39, 0.29) is 30.7 Å². The maximum absolute atomic E-state index is 14.8. The Kier molecular flexibility index (Phi) is 8.46. The molecular weight excluding hydrogens is 671 g/mol. The van der Waals surface area contributed by atoms with Gasteiger partial charge >= 0.3 is 25.7 Å². The van der Waals surface area contributed by atoms with E-state index in [1.807, 2.05) is 115 Å². The number of benzene rings is 3. The van der Waals surface area contributed by atoms with Crippen LogP contribution in [0.25, 0.3) is 68.6 Å². The van der Waals surface area contributed by atoms with Crippen LogP contribution < -0.4 is 9.97 Å². The molecule has 0 spiro atoms. The van der Waals surface area contributed by atoms with Crippen molar-refractivity contribution in [1.82, 2.24) is 19.9 Å². The Morgan fingerprint density at radius 2 is 0.918 bits per heavy atom. The van der Waals surface area contributed by atoms with Crippen LogP contribution in [0.3, 0.4) is 0 Å². The van der Waals surface area contributed by atoms with Crippen LogP contribution in [0.1, 0.15) is 39.5 Å². The monoisotopic (exact) mass is 692 g/mol.